The zero-order chi connectivity index (χ0) is 18.2. The van der Waals surface area contributed by atoms with E-state index in [1.807, 2.05) is 0 Å². The number of alkyl halides is 3. The number of hydrogen-bond acceptors (Lipinski definition) is 3. The minimum Gasteiger partial charge on any atom is -0.393 e. The van der Waals surface area contributed by atoms with E-state index in [9.17, 15) is 28.5 Å². The van der Waals surface area contributed by atoms with E-state index in [0.29, 0.717) is 36.6 Å². The van der Waals surface area contributed by atoms with E-state index in [2.05, 4.69) is 0 Å². The van der Waals surface area contributed by atoms with Crippen molar-refractivity contribution in [2.75, 3.05) is 0 Å². The first-order valence-electron chi connectivity index (χ1n) is 8.40. The van der Waals surface area contributed by atoms with Gasteiger partial charge in [-0.15, -0.1) is 0 Å². The molecule has 3 N–H and O–H groups in total. The van der Waals surface area contributed by atoms with Gasteiger partial charge in [-0.2, -0.15) is 13.2 Å². The molecule has 1 fully saturated rings. The second kappa shape index (κ2) is 6.94. The molecule has 25 heavy (non-hydrogen) atoms. The fraction of sp³-hybridized carbons (Fsp3) is 0.474. The Morgan fingerprint density at radius 2 is 1.84 bits per heavy atom. The van der Waals surface area contributed by atoms with Crippen LogP contribution in [-0.2, 0) is 6.18 Å². The molecule has 6 heteroatoms. The maximum Gasteiger partial charge on any atom is 0.417 e. The van der Waals surface area contributed by atoms with Crippen molar-refractivity contribution >= 4 is 10.8 Å². The van der Waals surface area contributed by atoms with E-state index in [-0.39, 0.29) is 11.3 Å². The van der Waals surface area contributed by atoms with Crippen LogP contribution in [-0.4, -0.2) is 27.5 Å². The third kappa shape index (κ3) is 3.97. The van der Waals surface area contributed by atoms with Gasteiger partial charge in [0.15, 0.2) is 0 Å². The van der Waals surface area contributed by atoms with Gasteiger partial charge in [-0.1, -0.05) is 24.3 Å². The zero-order valence-corrected chi connectivity index (χ0v) is 13.6. The van der Waals surface area contributed by atoms with Gasteiger partial charge in [0.05, 0.1) is 23.9 Å². The molecule has 0 spiro atoms. The molecule has 136 valence electrons. The number of aliphatic hydroxyl groups excluding tert-OH is 3. The maximum absolute atomic E-state index is 13.2. The molecular weight excluding hydrogens is 333 g/mol. The van der Waals surface area contributed by atoms with Crippen LogP contribution in [0.4, 0.5) is 13.2 Å². The van der Waals surface area contributed by atoms with Gasteiger partial charge in [0.1, 0.15) is 0 Å². The topological polar surface area (TPSA) is 60.7 Å². The van der Waals surface area contributed by atoms with E-state index < -0.39 is 30.1 Å². The van der Waals surface area contributed by atoms with Crippen molar-refractivity contribution in [1.82, 2.24) is 0 Å². The fourth-order valence-corrected chi connectivity index (χ4v) is 3.67. The number of halogens is 3. The van der Waals surface area contributed by atoms with Crippen LogP contribution in [0.15, 0.2) is 36.4 Å². The van der Waals surface area contributed by atoms with E-state index >= 15 is 0 Å². The van der Waals surface area contributed by atoms with Gasteiger partial charge in [0, 0.05) is 0 Å². The van der Waals surface area contributed by atoms with Crippen LogP contribution in [0.1, 0.15) is 42.9 Å². The predicted octanol–water partition coefficient (Wildman–Crippen LogP) is 3.80. The van der Waals surface area contributed by atoms with Crippen molar-refractivity contribution in [3.63, 3.8) is 0 Å². The van der Waals surface area contributed by atoms with Gasteiger partial charge in [0.2, 0.25) is 0 Å². The molecule has 3 nitrogen and oxygen atoms in total. The van der Waals surface area contributed by atoms with Gasteiger partial charge >= 0.3 is 6.18 Å². The lowest BCUT2D eigenvalue weighted by Gasteiger charge is -2.18. The highest BCUT2D eigenvalue weighted by Gasteiger charge is 2.33. The Kier molecular flexibility index (Phi) is 5.04. The van der Waals surface area contributed by atoms with Gasteiger partial charge < -0.3 is 15.3 Å². The molecule has 1 aliphatic carbocycles. The monoisotopic (exact) mass is 354 g/mol. The van der Waals surface area contributed by atoms with E-state index in [4.69, 9.17) is 0 Å². The zero-order valence-electron chi connectivity index (χ0n) is 13.6. The summed E-state index contributed by atoms with van der Waals surface area (Å²) >= 11 is 0. The Bertz CT molecular complexity index is 744. The Balaban J connectivity index is 1.79. The Morgan fingerprint density at radius 1 is 1.08 bits per heavy atom. The van der Waals surface area contributed by atoms with Crippen LogP contribution in [0.5, 0.6) is 0 Å². The molecule has 0 aromatic heterocycles. The Hall–Kier alpha value is -1.63. The normalized spacial score (nSPS) is 25.4. The van der Waals surface area contributed by atoms with Crippen LogP contribution in [0.2, 0.25) is 0 Å². The lowest BCUT2D eigenvalue weighted by atomic mass is 9.93. The largest absolute Gasteiger partial charge is 0.417 e. The number of hydrogen-bond donors (Lipinski definition) is 3. The van der Waals surface area contributed by atoms with Crippen LogP contribution in [0.3, 0.4) is 0 Å². The molecule has 2 aromatic rings. The van der Waals surface area contributed by atoms with Crippen molar-refractivity contribution in [2.24, 2.45) is 5.92 Å². The van der Waals surface area contributed by atoms with Crippen LogP contribution in [0, 0.1) is 5.92 Å². The van der Waals surface area contributed by atoms with Gasteiger partial charge in [-0.05, 0) is 60.1 Å². The van der Waals surface area contributed by atoms with Crippen molar-refractivity contribution < 1.29 is 28.5 Å². The third-order valence-corrected chi connectivity index (χ3v) is 5.04. The molecule has 0 saturated heterocycles. The Labute approximate surface area is 143 Å². The summed E-state index contributed by atoms with van der Waals surface area (Å²) in [5.41, 5.74) is -0.286. The summed E-state index contributed by atoms with van der Waals surface area (Å²) < 4.78 is 39.5. The molecule has 0 bridgehead atoms. The lowest BCUT2D eigenvalue weighted by molar-refractivity contribution is -0.136. The van der Waals surface area contributed by atoms with Crippen molar-refractivity contribution in [2.45, 2.75) is 50.2 Å². The number of rotatable bonds is 4. The van der Waals surface area contributed by atoms with Crippen LogP contribution >= 0.6 is 0 Å². The summed E-state index contributed by atoms with van der Waals surface area (Å²) in [6.07, 6.45) is -4.80. The average Bonchev–Trinajstić information content (AvgIpc) is 2.88. The van der Waals surface area contributed by atoms with Crippen LogP contribution < -0.4 is 0 Å². The number of benzene rings is 2. The molecule has 2 unspecified atom stereocenters. The highest BCUT2D eigenvalue weighted by molar-refractivity contribution is 5.87. The summed E-state index contributed by atoms with van der Waals surface area (Å²) in [6, 6.07) is 8.62. The SMILES string of the molecule is OC(CCC1C[C@@H](O)C[C@H]1O)c1ccc2cccc(C(F)(F)F)c2c1. The summed E-state index contributed by atoms with van der Waals surface area (Å²) in [4.78, 5) is 0. The Morgan fingerprint density at radius 3 is 2.48 bits per heavy atom. The average molecular weight is 354 g/mol. The molecule has 1 aliphatic rings. The lowest BCUT2D eigenvalue weighted by Crippen LogP contribution is -2.14. The minimum atomic E-state index is -4.45. The number of aliphatic hydroxyl groups is 3. The molecule has 4 atom stereocenters. The van der Waals surface area contributed by atoms with Gasteiger partial charge in [-0.3, -0.25) is 0 Å². The molecule has 0 radical (unpaired) electrons. The predicted molar refractivity (Wildman–Crippen MR) is 87.9 cm³/mol. The second-order valence-electron chi connectivity index (χ2n) is 6.83. The van der Waals surface area contributed by atoms with E-state index in [1.165, 1.54) is 12.1 Å². The summed E-state index contributed by atoms with van der Waals surface area (Å²) in [7, 11) is 0. The quantitative estimate of drug-likeness (QED) is 0.783. The standard InChI is InChI=1S/C19H21F3O3/c20-19(21,22)16-3-1-2-11-4-5-13(9-15(11)16)17(24)7-6-12-8-14(23)10-18(12)25/h1-5,9,12,14,17-18,23-25H,6-8,10H2/t12?,14-,17?,18-/m1/s1. The van der Waals surface area contributed by atoms with Gasteiger partial charge in [0.25, 0.3) is 0 Å². The van der Waals surface area contributed by atoms with Crippen LogP contribution in [0.25, 0.3) is 10.8 Å². The first-order valence-corrected chi connectivity index (χ1v) is 8.40. The summed E-state index contributed by atoms with van der Waals surface area (Å²) in [5, 5.41) is 30.3. The summed E-state index contributed by atoms with van der Waals surface area (Å²) in [5.74, 6) is -0.0872. The van der Waals surface area contributed by atoms with Gasteiger partial charge in [-0.25, -0.2) is 0 Å². The molecular formula is C19H21F3O3. The smallest absolute Gasteiger partial charge is 0.393 e. The fourth-order valence-electron chi connectivity index (χ4n) is 3.67. The highest BCUT2D eigenvalue weighted by atomic mass is 19.4. The molecule has 0 aliphatic heterocycles. The second-order valence-corrected chi connectivity index (χ2v) is 6.83. The first-order chi connectivity index (χ1) is 11.8. The first kappa shape index (κ1) is 18.2. The third-order valence-electron chi connectivity index (χ3n) is 5.04. The van der Waals surface area contributed by atoms with Crippen molar-refractivity contribution in [3.8, 4) is 0 Å². The molecule has 2 aromatic carbocycles. The molecule has 1 saturated carbocycles. The van der Waals surface area contributed by atoms with Crippen molar-refractivity contribution in [3.05, 3.63) is 47.5 Å². The molecule has 0 heterocycles. The van der Waals surface area contributed by atoms with Crippen molar-refractivity contribution in [1.29, 1.82) is 0 Å². The minimum absolute atomic E-state index is 0.0721. The highest BCUT2D eigenvalue weighted by Crippen LogP contribution is 2.37. The summed E-state index contributed by atoms with van der Waals surface area (Å²) in [6.45, 7) is 0. The number of fused-ring (bicyclic) bond motifs is 1. The maximum atomic E-state index is 13.2. The van der Waals surface area contributed by atoms with E-state index in [1.54, 1.807) is 18.2 Å². The molecule has 0 amide bonds. The van der Waals surface area contributed by atoms with E-state index in [0.717, 1.165) is 6.07 Å². The molecule has 3 rings (SSSR count).